The number of aromatic amines is 1. The zero-order valence-electron chi connectivity index (χ0n) is 14.4. The standard InChI is InChI=1S/C21H28N2/c1-3-21(2)13-16-10-11-20(21)23(15-16)12-6-7-17-14-22-19-9-5-4-8-18(17)19/h4-5,8-11,14,16,20,22H,3,6-7,12-13,15H2,1-2H3. The first-order valence-corrected chi connectivity index (χ1v) is 9.17. The number of nitrogens with one attached hydrogen (secondary N) is 1. The lowest BCUT2D eigenvalue weighted by atomic mass is 9.65. The number of fused-ring (bicyclic) bond motifs is 3. The van der Waals surface area contributed by atoms with Crippen LogP contribution in [0.3, 0.4) is 0 Å². The Labute approximate surface area is 139 Å². The van der Waals surface area contributed by atoms with Gasteiger partial charge in [-0.25, -0.2) is 0 Å². The minimum atomic E-state index is 0.485. The van der Waals surface area contributed by atoms with E-state index >= 15 is 0 Å². The van der Waals surface area contributed by atoms with Gasteiger partial charge in [-0.15, -0.1) is 0 Å². The molecule has 0 saturated carbocycles. The maximum Gasteiger partial charge on any atom is 0.0456 e. The van der Waals surface area contributed by atoms with Crippen molar-refractivity contribution < 1.29 is 0 Å². The number of aryl methyl sites for hydroxylation is 1. The number of rotatable bonds is 5. The summed E-state index contributed by atoms with van der Waals surface area (Å²) in [5.41, 5.74) is 3.22. The van der Waals surface area contributed by atoms with Crippen LogP contribution in [0.5, 0.6) is 0 Å². The van der Waals surface area contributed by atoms with E-state index in [1.54, 1.807) is 0 Å². The van der Waals surface area contributed by atoms with E-state index < -0.39 is 0 Å². The SMILES string of the molecule is CCC1(C)CC2C=CC1N(CCCc1c[nH]c3ccccc13)C2. The Morgan fingerprint density at radius 2 is 2.13 bits per heavy atom. The monoisotopic (exact) mass is 308 g/mol. The van der Waals surface area contributed by atoms with Crippen LogP contribution in [0.25, 0.3) is 10.9 Å². The lowest BCUT2D eigenvalue weighted by molar-refractivity contribution is 0.0154. The molecular weight excluding hydrogens is 280 g/mol. The van der Waals surface area contributed by atoms with E-state index in [2.05, 4.69) is 66.3 Å². The number of hydrogen-bond acceptors (Lipinski definition) is 1. The Morgan fingerprint density at radius 1 is 1.26 bits per heavy atom. The fourth-order valence-electron chi connectivity index (χ4n) is 4.78. The molecule has 0 spiro atoms. The predicted octanol–water partition coefficient (Wildman–Crippen LogP) is 4.78. The zero-order chi connectivity index (χ0) is 15.9. The van der Waals surface area contributed by atoms with E-state index in [9.17, 15) is 0 Å². The Bertz CT molecular complexity index is 713. The van der Waals surface area contributed by atoms with Gasteiger partial charge in [0.1, 0.15) is 0 Å². The van der Waals surface area contributed by atoms with Crippen LogP contribution in [0.15, 0.2) is 42.6 Å². The van der Waals surface area contributed by atoms with E-state index in [1.165, 1.54) is 55.2 Å². The van der Waals surface area contributed by atoms with Gasteiger partial charge in [-0.2, -0.15) is 0 Å². The van der Waals surface area contributed by atoms with Crippen molar-refractivity contribution in [2.24, 2.45) is 11.3 Å². The largest absolute Gasteiger partial charge is 0.361 e. The Kier molecular flexibility index (Phi) is 3.81. The highest BCUT2D eigenvalue weighted by molar-refractivity contribution is 5.82. The molecule has 1 saturated heterocycles. The summed E-state index contributed by atoms with van der Waals surface area (Å²) in [7, 11) is 0. The second-order valence-corrected chi connectivity index (χ2v) is 7.76. The number of benzene rings is 1. The van der Waals surface area contributed by atoms with Gasteiger partial charge >= 0.3 is 0 Å². The van der Waals surface area contributed by atoms with Crippen LogP contribution in [-0.4, -0.2) is 29.0 Å². The molecule has 23 heavy (non-hydrogen) atoms. The molecule has 2 heteroatoms. The summed E-state index contributed by atoms with van der Waals surface area (Å²) in [5, 5.41) is 1.39. The molecule has 1 aliphatic carbocycles. The van der Waals surface area contributed by atoms with Crippen LogP contribution in [0.4, 0.5) is 0 Å². The molecule has 1 N–H and O–H groups in total. The van der Waals surface area contributed by atoms with Gasteiger partial charge < -0.3 is 4.98 Å². The Morgan fingerprint density at radius 3 is 2.96 bits per heavy atom. The van der Waals surface area contributed by atoms with Gasteiger partial charge in [0, 0.05) is 29.7 Å². The third-order valence-electron chi connectivity index (χ3n) is 6.24. The second-order valence-electron chi connectivity index (χ2n) is 7.76. The molecule has 0 radical (unpaired) electrons. The molecule has 5 rings (SSSR count). The molecule has 3 heterocycles. The number of para-hydroxylation sites is 1. The Balaban J connectivity index is 1.41. The van der Waals surface area contributed by atoms with Crippen LogP contribution in [0, 0.1) is 11.3 Å². The summed E-state index contributed by atoms with van der Waals surface area (Å²) in [6, 6.07) is 9.30. The summed E-state index contributed by atoms with van der Waals surface area (Å²) < 4.78 is 0. The molecule has 1 aromatic carbocycles. The molecule has 2 bridgehead atoms. The predicted molar refractivity (Wildman–Crippen MR) is 97.6 cm³/mol. The summed E-state index contributed by atoms with van der Waals surface area (Å²) >= 11 is 0. The fraction of sp³-hybridized carbons (Fsp3) is 0.524. The van der Waals surface area contributed by atoms with Crippen LogP contribution in [0.1, 0.15) is 38.7 Å². The van der Waals surface area contributed by atoms with E-state index in [0.29, 0.717) is 11.5 Å². The molecule has 3 aliphatic rings. The molecule has 2 aromatic rings. The molecule has 3 unspecified atom stereocenters. The van der Waals surface area contributed by atoms with Crippen LogP contribution in [0.2, 0.25) is 0 Å². The number of H-pyrrole nitrogens is 1. The second kappa shape index (κ2) is 5.83. The van der Waals surface area contributed by atoms with Crippen LogP contribution < -0.4 is 0 Å². The third kappa shape index (κ3) is 2.63. The van der Waals surface area contributed by atoms with Gasteiger partial charge in [0.05, 0.1) is 0 Å². The maximum absolute atomic E-state index is 3.40. The van der Waals surface area contributed by atoms with Gasteiger partial charge in [-0.05, 0) is 55.2 Å². The maximum atomic E-state index is 3.40. The average molecular weight is 308 g/mol. The molecule has 1 aromatic heterocycles. The molecule has 122 valence electrons. The number of hydrogen-bond donors (Lipinski definition) is 1. The van der Waals surface area contributed by atoms with Gasteiger partial charge in [-0.3, -0.25) is 4.90 Å². The first-order valence-electron chi connectivity index (χ1n) is 9.17. The van der Waals surface area contributed by atoms with Gasteiger partial charge in [0.15, 0.2) is 0 Å². The van der Waals surface area contributed by atoms with Crippen molar-refractivity contribution in [3.8, 4) is 0 Å². The van der Waals surface area contributed by atoms with Crippen molar-refractivity contribution in [1.82, 2.24) is 9.88 Å². The van der Waals surface area contributed by atoms with Crippen LogP contribution in [-0.2, 0) is 6.42 Å². The highest BCUT2D eigenvalue weighted by Gasteiger charge is 2.43. The first-order chi connectivity index (χ1) is 11.2. The van der Waals surface area contributed by atoms with Gasteiger partial charge in [-0.1, -0.05) is 44.2 Å². The summed E-state index contributed by atoms with van der Waals surface area (Å²) in [4.78, 5) is 6.14. The van der Waals surface area contributed by atoms with Crippen molar-refractivity contribution in [1.29, 1.82) is 0 Å². The summed E-state index contributed by atoms with van der Waals surface area (Å²) in [6.45, 7) is 7.34. The molecular formula is C21H28N2. The minimum Gasteiger partial charge on any atom is -0.361 e. The molecule has 2 nitrogen and oxygen atoms in total. The molecule has 0 amide bonds. The smallest absolute Gasteiger partial charge is 0.0456 e. The van der Waals surface area contributed by atoms with E-state index in [4.69, 9.17) is 0 Å². The third-order valence-corrected chi connectivity index (χ3v) is 6.24. The van der Waals surface area contributed by atoms with Crippen molar-refractivity contribution in [2.75, 3.05) is 13.1 Å². The van der Waals surface area contributed by atoms with Crippen molar-refractivity contribution in [3.05, 3.63) is 48.2 Å². The van der Waals surface area contributed by atoms with Crippen LogP contribution >= 0.6 is 0 Å². The van der Waals surface area contributed by atoms with E-state index in [1.807, 2.05) is 0 Å². The lowest BCUT2D eigenvalue weighted by Crippen LogP contribution is -2.55. The van der Waals surface area contributed by atoms with Gasteiger partial charge in [0.2, 0.25) is 0 Å². The zero-order valence-corrected chi connectivity index (χ0v) is 14.4. The summed E-state index contributed by atoms with van der Waals surface area (Å²) in [6.07, 6.45) is 12.2. The number of nitrogens with zero attached hydrogens (tertiary/aromatic N) is 1. The number of aromatic nitrogens is 1. The van der Waals surface area contributed by atoms with E-state index in [0.717, 1.165) is 5.92 Å². The lowest BCUT2D eigenvalue weighted by Gasteiger charge is -2.52. The topological polar surface area (TPSA) is 19.0 Å². The first kappa shape index (κ1) is 15.0. The Hall–Kier alpha value is -1.54. The highest BCUT2D eigenvalue weighted by atomic mass is 15.2. The van der Waals surface area contributed by atoms with Gasteiger partial charge in [0.25, 0.3) is 0 Å². The molecule has 2 aliphatic heterocycles. The number of piperidine rings is 1. The molecule has 3 atom stereocenters. The average Bonchev–Trinajstić information content (AvgIpc) is 2.99. The normalized spacial score (nSPS) is 30.3. The fourth-order valence-corrected chi connectivity index (χ4v) is 4.78. The minimum absolute atomic E-state index is 0.485. The molecule has 1 fully saturated rings. The highest BCUT2D eigenvalue weighted by Crippen LogP contribution is 2.45. The van der Waals surface area contributed by atoms with Crippen molar-refractivity contribution in [2.45, 2.75) is 45.6 Å². The van der Waals surface area contributed by atoms with E-state index in [-0.39, 0.29) is 0 Å². The quantitative estimate of drug-likeness (QED) is 0.788. The van der Waals surface area contributed by atoms with Crippen molar-refractivity contribution in [3.63, 3.8) is 0 Å². The summed E-state index contributed by atoms with van der Waals surface area (Å²) in [5.74, 6) is 0.776. The van der Waals surface area contributed by atoms with Crippen molar-refractivity contribution >= 4 is 10.9 Å².